The largest absolute Gasteiger partial charge is 0.327 e. The molecule has 0 aliphatic carbocycles. The zero-order valence-electron chi connectivity index (χ0n) is 5.19. The van der Waals surface area contributed by atoms with Crippen molar-refractivity contribution in [1.82, 2.24) is 10.4 Å². The molecule has 8 heavy (non-hydrogen) atoms. The van der Waals surface area contributed by atoms with Gasteiger partial charge in [-0.15, -0.1) is 5.98 Å². The molecule has 0 amide bonds. The van der Waals surface area contributed by atoms with Crippen LogP contribution in [0.3, 0.4) is 0 Å². The first kappa shape index (κ1) is 8.04. The maximum Gasteiger partial charge on any atom is 0.131 e. The Morgan fingerprint density at radius 1 is 1.88 bits per heavy atom. The minimum atomic E-state index is 0.831. The average molecular weight is 177 g/mol. The van der Waals surface area contributed by atoms with E-state index >= 15 is 0 Å². The number of nitrogens with zero attached hydrogens (tertiary/aromatic N) is 1. The highest BCUT2D eigenvalue weighted by atomic mass is 79.9. The van der Waals surface area contributed by atoms with Crippen molar-refractivity contribution in [2.75, 3.05) is 12.5 Å². The van der Waals surface area contributed by atoms with E-state index in [0.29, 0.717) is 0 Å². The second-order valence-electron chi connectivity index (χ2n) is 1.45. The first-order valence-corrected chi connectivity index (χ1v) is 3.58. The van der Waals surface area contributed by atoms with E-state index in [4.69, 9.17) is 0 Å². The fourth-order valence-electron chi connectivity index (χ4n) is 0.236. The van der Waals surface area contributed by atoms with Crippen molar-refractivity contribution in [3.63, 3.8) is 0 Å². The van der Waals surface area contributed by atoms with Crippen LogP contribution in [0.25, 0.3) is 0 Å². The fourth-order valence-corrected chi connectivity index (χ4v) is 0.381. The molecule has 1 N–H and O–H groups in total. The highest BCUT2D eigenvalue weighted by Gasteiger charge is 1.83. The van der Waals surface area contributed by atoms with Crippen LogP contribution in [0.1, 0.15) is 0 Å². The number of alkyl halides is 1. The van der Waals surface area contributed by atoms with E-state index in [1.807, 2.05) is 32.1 Å². The number of hydrogen-bond donors (Lipinski definition) is 1. The molecule has 0 aromatic heterocycles. The van der Waals surface area contributed by atoms with Crippen molar-refractivity contribution < 1.29 is 0 Å². The van der Waals surface area contributed by atoms with Gasteiger partial charge >= 0.3 is 0 Å². The number of rotatable bonds is 3. The van der Waals surface area contributed by atoms with Gasteiger partial charge < -0.3 is 5.43 Å². The van der Waals surface area contributed by atoms with E-state index < -0.39 is 0 Å². The van der Waals surface area contributed by atoms with E-state index in [2.05, 4.69) is 21.4 Å². The second-order valence-corrected chi connectivity index (χ2v) is 1.95. The lowest BCUT2D eigenvalue weighted by Crippen LogP contribution is -2.28. The molecule has 0 aliphatic rings. The Morgan fingerprint density at radius 3 is 2.88 bits per heavy atom. The summed E-state index contributed by atoms with van der Waals surface area (Å²) < 4.78 is 0. The molecule has 0 bridgehead atoms. The summed E-state index contributed by atoms with van der Waals surface area (Å²) in [7, 11) is 3.92. The molecule has 0 spiro atoms. The molecule has 0 aliphatic heterocycles. The molecule has 0 radical (unpaired) electrons. The lowest BCUT2D eigenvalue weighted by atomic mass is 10.2. The smallest absolute Gasteiger partial charge is 0.131 e. The van der Waals surface area contributed by atoms with Gasteiger partial charge in [0.1, 0.15) is 7.85 Å². The highest BCUT2D eigenvalue weighted by molar-refractivity contribution is 9.09. The molecule has 0 aromatic rings. The molecule has 0 unspecified atom stereocenters. The molecule has 0 atom stereocenters. The molecule has 0 heterocycles. The van der Waals surface area contributed by atoms with E-state index in [9.17, 15) is 0 Å². The predicted molar refractivity (Wildman–Crippen MR) is 42.4 cm³/mol. The Kier molecular flexibility index (Phi) is 5.22. The summed E-state index contributed by atoms with van der Waals surface area (Å²) in [5.74, 6) is 1.94. The third-order valence-electron chi connectivity index (χ3n) is 0.641. The Hall–Kier alpha value is 0.0449. The van der Waals surface area contributed by atoms with Crippen LogP contribution in [-0.2, 0) is 0 Å². The monoisotopic (exact) mass is 176 g/mol. The Bertz CT molecular complexity index is 76.4. The number of hydrogen-bond acceptors (Lipinski definition) is 2. The summed E-state index contributed by atoms with van der Waals surface area (Å²) in [6.07, 6.45) is 1.88. The zero-order chi connectivity index (χ0) is 6.41. The maximum absolute atomic E-state index is 3.27. The van der Waals surface area contributed by atoms with Crippen LogP contribution in [-0.4, -0.2) is 25.4 Å². The maximum atomic E-state index is 3.27. The predicted octanol–water partition coefficient (Wildman–Crippen LogP) is -0.121. The zero-order valence-corrected chi connectivity index (χ0v) is 6.77. The van der Waals surface area contributed by atoms with Crippen molar-refractivity contribution in [3.05, 3.63) is 12.2 Å². The Balaban J connectivity index is 3.10. The summed E-state index contributed by atoms with van der Waals surface area (Å²) in [6, 6.07) is 0. The van der Waals surface area contributed by atoms with Crippen LogP contribution in [0, 0.1) is 0 Å². The van der Waals surface area contributed by atoms with Gasteiger partial charge in [0.05, 0.1) is 5.45 Å². The van der Waals surface area contributed by atoms with E-state index in [1.54, 1.807) is 0 Å². The molecule has 0 rings (SSSR count). The lowest BCUT2D eigenvalue weighted by molar-refractivity contribution is 0.331. The van der Waals surface area contributed by atoms with E-state index in [-0.39, 0.29) is 0 Å². The SMILES string of the molecule is B/C=C/NN(C)CBr. The molecule has 4 heteroatoms. The summed E-state index contributed by atoms with van der Waals surface area (Å²) in [6.45, 7) is 0. The van der Waals surface area contributed by atoms with Crippen LogP contribution in [0.5, 0.6) is 0 Å². The molecule has 0 fully saturated rings. The van der Waals surface area contributed by atoms with E-state index in [0.717, 1.165) is 5.45 Å². The average Bonchev–Trinajstić information content (AvgIpc) is 1.83. The highest BCUT2D eigenvalue weighted by Crippen LogP contribution is 1.81. The van der Waals surface area contributed by atoms with Gasteiger partial charge in [-0.3, -0.25) is 0 Å². The van der Waals surface area contributed by atoms with Crippen molar-refractivity contribution in [1.29, 1.82) is 0 Å². The molecular formula is C4H10BBrN2. The van der Waals surface area contributed by atoms with E-state index in [1.165, 1.54) is 0 Å². The van der Waals surface area contributed by atoms with Gasteiger partial charge in [0.15, 0.2) is 0 Å². The van der Waals surface area contributed by atoms with Crippen LogP contribution in [0.15, 0.2) is 12.2 Å². The van der Waals surface area contributed by atoms with Gasteiger partial charge in [0.2, 0.25) is 0 Å². The van der Waals surface area contributed by atoms with Gasteiger partial charge in [0.25, 0.3) is 0 Å². The number of nitrogens with one attached hydrogen (secondary N) is 1. The molecule has 0 saturated carbocycles. The first-order chi connectivity index (χ1) is 3.81. The number of hydrazine groups is 1. The van der Waals surface area contributed by atoms with Crippen LogP contribution in [0.4, 0.5) is 0 Å². The molecular weight excluding hydrogens is 167 g/mol. The van der Waals surface area contributed by atoms with Crippen molar-refractivity contribution in [2.24, 2.45) is 0 Å². The second kappa shape index (κ2) is 5.19. The summed E-state index contributed by atoms with van der Waals surface area (Å²) in [5.41, 5.74) is 3.82. The Labute approximate surface area is 59.4 Å². The Morgan fingerprint density at radius 2 is 2.50 bits per heavy atom. The van der Waals surface area contributed by atoms with Gasteiger partial charge in [0, 0.05) is 7.05 Å². The van der Waals surface area contributed by atoms with Gasteiger partial charge in [-0.2, -0.15) is 0 Å². The van der Waals surface area contributed by atoms with Crippen molar-refractivity contribution in [2.45, 2.75) is 0 Å². The van der Waals surface area contributed by atoms with Gasteiger partial charge in [-0.1, -0.05) is 15.9 Å². The first-order valence-electron chi connectivity index (χ1n) is 2.45. The van der Waals surface area contributed by atoms with Crippen LogP contribution >= 0.6 is 15.9 Å². The van der Waals surface area contributed by atoms with Crippen LogP contribution in [0.2, 0.25) is 0 Å². The fraction of sp³-hybridized carbons (Fsp3) is 0.500. The minimum Gasteiger partial charge on any atom is -0.327 e. The lowest BCUT2D eigenvalue weighted by Gasteiger charge is -2.10. The molecule has 0 saturated heterocycles. The minimum absolute atomic E-state index is 0.831. The normalized spacial score (nSPS) is 10.9. The summed E-state index contributed by atoms with van der Waals surface area (Å²) in [4.78, 5) is 0. The van der Waals surface area contributed by atoms with Crippen molar-refractivity contribution in [3.8, 4) is 0 Å². The van der Waals surface area contributed by atoms with Crippen LogP contribution < -0.4 is 5.43 Å². The number of halogens is 1. The van der Waals surface area contributed by atoms with Crippen molar-refractivity contribution >= 4 is 23.8 Å². The third kappa shape index (κ3) is 4.21. The topological polar surface area (TPSA) is 15.3 Å². The van der Waals surface area contributed by atoms with Gasteiger partial charge in [-0.25, -0.2) is 5.01 Å². The summed E-state index contributed by atoms with van der Waals surface area (Å²) >= 11 is 3.27. The quantitative estimate of drug-likeness (QED) is 0.279. The third-order valence-corrected chi connectivity index (χ3v) is 1.39. The molecule has 2 nitrogen and oxygen atoms in total. The van der Waals surface area contributed by atoms with Gasteiger partial charge in [-0.05, 0) is 6.20 Å². The standard InChI is InChI=1S/C4H10BBrN2/c1-8(4-6)7-3-2-5/h2-3,7H,4-5H2,1H3/b3-2+. The summed E-state index contributed by atoms with van der Waals surface area (Å²) in [5, 5.41) is 1.92. The molecule has 0 aromatic carbocycles. The molecule has 46 valence electrons.